The van der Waals surface area contributed by atoms with Gasteiger partial charge < -0.3 is 0 Å². The summed E-state index contributed by atoms with van der Waals surface area (Å²) in [7, 11) is -1.22. The van der Waals surface area contributed by atoms with E-state index >= 15 is 0 Å². The fourth-order valence-electron chi connectivity index (χ4n) is 0.588. The second-order valence-corrected chi connectivity index (χ2v) is 13.3. The predicted molar refractivity (Wildman–Crippen MR) is 66.7 cm³/mol. The Labute approximate surface area is 95.2 Å². The lowest BCUT2D eigenvalue weighted by molar-refractivity contribution is 1.02. The highest BCUT2D eigenvalue weighted by molar-refractivity contribution is 9.24. The van der Waals surface area contributed by atoms with Gasteiger partial charge in [-0.25, -0.2) is 0 Å². The minimum Gasteiger partial charge on any atom is -0.107 e. The summed E-state index contributed by atoms with van der Waals surface area (Å²) < 4.78 is 1.00. The lowest BCUT2D eigenvalue weighted by atomic mass is 10.6. The van der Waals surface area contributed by atoms with Gasteiger partial charge in [0.2, 0.25) is 0 Å². The Morgan fingerprint density at radius 2 is 1.82 bits per heavy atom. The van der Waals surface area contributed by atoms with Crippen LogP contribution < -0.4 is 0 Å². The average molecular weight is 365 g/mol. The SMILES string of the molecule is C=C[Si](C)(C)C(Br)CC(Br)Br. The standard InChI is InChI=1S/C7H13Br3Si/c1-4-11(2,3)7(10)5-6(8)9/h4,6-7H,1,5H2,2-3H3. The molecule has 0 amide bonds. The molecule has 0 aliphatic carbocycles. The van der Waals surface area contributed by atoms with Crippen molar-refractivity contribution in [3.63, 3.8) is 0 Å². The summed E-state index contributed by atoms with van der Waals surface area (Å²) in [5.41, 5.74) is 2.12. The molecule has 0 saturated carbocycles. The van der Waals surface area contributed by atoms with E-state index in [0.717, 1.165) is 6.42 Å². The fraction of sp³-hybridized carbons (Fsp3) is 0.714. The van der Waals surface area contributed by atoms with Crippen molar-refractivity contribution >= 4 is 55.9 Å². The molecule has 66 valence electrons. The Balaban J connectivity index is 4.01. The van der Waals surface area contributed by atoms with Crippen molar-refractivity contribution in [3.05, 3.63) is 12.3 Å². The van der Waals surface area contributed by atoms with Crippen LogP contribution >= 0.6 is 47.8 Å². The quantitative estimate of drug-likeness (QED) is 0.517. The van der Waals surface area contributed by atoms with E-state index in [0.29, 0.717) is 8.19 Å². The summed E-state index contributed by atoms with van der Waals surface area (Å²) in [4.78, 5) is 0. The Hall–Kier alpha value is 1.40. The van der Waals surface area contributed by atoms with E-state index in [1.807, 2.05) is 0 Å². The number of hydrogen-bond acceptors (Lipinski definition) is 0. The van der Waals surface area contributed by atoms with E-state index in [-0.39, 0.29) is 0 Å². The van der Waals surface area contributed by atoms with Crippen molar-refractivity contribution in [2.75, 3.05) is 0 Å². The lowest BCUT2D eigenvalue weighted by Gasteiger charge is -2.24. The molecule has 0 rings (SSSR count). The summed E-state index contributed by atoms with van der Waals surface area (Å²) in [6, 6.07) is 0. The second kappa shape index (κ2) is 5.20. The van der Waals surface area contributed by atoms with Crippen LogP contribution in [0, 0.1) is 0 Å². The van der Waals surface area contributed by atoms with Crippen molar-refractivity contribution < 1.29 is 0 Å². The molecule has 0 aromatic carbocycles. The van der Waals surface area contributed by atoms with Crippen LogP contribution in [0.25, 0.3) is 0 Å². The summed E-state index contributed by atoms with van der Waals surface area (Å²) in [6.07, 6.45) is 1.10. The maximum Gasteiger partial charge on any atom is 0.0852 e. The Morgan fingerprint density at radius 1 is 1.36 bits per heavy atom. The van der Waals surface area contributed by atoms with Gasteiger partial charge in [-0.2, -0.15) is 0 Å². The molecule has 0 nitrogen and oxygen atoms in total. The molecule has 0 saturated heterocycles. The molecule has 0 radical (unpaired) electrons. The van der Waals surface area contributed by atoms with Gasteiger partial charge >= 0.3 is 0 Å². The molecule has 0 aromatic rings. The second-order valence-electron chi connectivity index (χ2n) is 3.12. The molecule has 0 N–H and O–H groups in total. The largest absolute Gasteiger partial charge is 0.107 e. The molecule has 1 atom stereocenters. The van der Waals surface area contributed by atoms with Gasteiger partial charge in [0.1, 0.15) is 0 Å². The van der Waals surface area contributed by atoms with Crippen LogP contribution in [-0.4, -0.2) is 16.3 Å². The van der Waals surface area contributed by atoms with Crippen molar-refractivity contribution in [2.24, 2.45) is 0 Å². The zero-order valence-corrected chi connectivity index (χ0v) is 12.5. The third-order valence-electron chi connectivity index (χ3n) is 1.72. The van der Waals surface area contributed by atoms with Gasteiger partial charge in [-0.05, 0) is 6.42 Å². The molecule has 4 heteroatoms. The summed E-state index contributed by atoms with van der Waals surface area (Å²) in [5.74, 6) is 0. The highest BCUT2D eigenvalue weighted by Gasteiger charge is 2.27. The summed E-state index contributed by atoms with van der Waals surface area (Å²) >= 11 is 10.6. The van der Waals surface area contributed by atoms with Crippen LogP contribution in [0.2, 0.25) is 13.1 Å². The van der Waals surface area contributed by atoms with Gasteiger partial charge in [-0.3, -0.25) is 0 Å². The first kappa shape index (κ1) is 12.4. The zero-order valence-electron chi connectivity index (χ0n) is 6.78. The van der Waals surface area contributed by atoms with Gasteiger partial charge in [-0.1, -0.05) is 60.9 Å². The van der Waals surface area contributed by atoms with Gasteiger partial charge in [0.05, 0.1) is 11.8 Å². The number of rotatable bonds is 4. The zero-order chi connectivity index (χ0) is 9.07. The van der Waals surface area contributed by atoms with E-state index < -0.39 is 8.07 Å². The smallest absolute Gasteiger partial charge is 0.0852 e. The third-order valence-corrected chi connectivity index (χ3v) is 9.28. The first-order valence-corrected chi connectivity index (χ1v) is 9.36. The van der Waals surface area contributed by atoms with Crippen LogP contribution in [-0.2, 0) is 0 Å². The molecule has 0 heterocycles. The molecule has 0 aliphatic heterocycles. The highest BCUT2D eigenvalue weighted by Crippen LogP contribution is 2.26. The molecule has 0 spiro atoms. The first-order valence-electron chi connectivity index (χ1n) is 3.46. The minimum absolute atomic E-state index is 0.408. The fourth-order valence-corrected chi connectivity index (χ4v) is 5.06. The van der Waals surface area contributed by atoms with Crippen molar-refractivity contribution in [1.82, 2.24) is 0 Å². The predicted octanol–water partition coefficient (Wildman–Crippen LogP) is 4.23. The van der Waals surface area contributed by atoms with E-state index in [4.69, 9.17) is 0 Å². The topological polar surface area (TPSA) is 0 Å². The lowest BCUT2D eigenvalue weighted by Crippen LogP contribution is -2.36. The Kier molecular flexibility index (Phi) is 5.86. The number of halogens is 3. The third kappa shape index (κ3) is 4.86. The molecule has 1 unspecified atom stereocenters. The molecule has 11 heavy (non-hydrogen) atoms. The normalized spacial score (nSPS) is 15.1. The minimum atomic E-state index is -1.22. The molecule has 0 aliphatic rings. The maximum atomic E-state index is 3.86. The van der Waals surface area contributed by atoms with Gasteiger partial charge in [-0.15, -0.1) is 12.3 Å². The summed E-state index contributed by atoms with van der Waals surface area (Å²) in [5, 5.41) is 0. The van der Waals surface area contributed by atoms with Crippen molar-refractivity contribution in [1.29, 1.82) is 0 Å². The average Bonchev–Trinajstić information content (AvgIpc) is 1.86. The van der Waals surface area contributed by atoms with Crippen molar-refractivity contribution in [3.8, 4) is 0 Å². The van der Waals surface area contributed by atoms with Gasteiger partial charge in [0.15, 0.2) is 0 Å². The van der Waals surface area contributed by atoms with Crippen LogP contribution in [0.15, 0.2) is 12.3 Å². The van der Waals surface area contributed by atoms with Gasteiger partial charge in [0, 0.05) is 4.45 Å². The Bertz CT molecular complexity index is 134. The van der Waals surface area contributed by atoms with Crippen LogP contribution in [0.5, 0.6) is 0 Å². The molecular formula is C7H13Br3Si. The van der Waals surface area contributed by atoms with Crippen LogP contribution in [0.1, 0.15) is 6.42 Å². The van der Waals surface area contributed by atoms with E-state index in [1.54, 1.807) is 0 Å². The number of hydrogen-bond donors (Lipinski definition) is 0. The molecule has 0 bridgehead atoms. The molecule has 0 fully saturated rings. The van der Waals surface area contributed by atoms with Crippen LogP contribution in [0.4, 0.5) is 0 Å². The monoisotopic (exact) mass is 362 g/mol. The van der Waals surface area contributed by atoms with E-state index in [9.17, 15) is 0 Å². The van der Waals surface area contributed by atoms with E-state index in [1.165, 1.54) is 0 Å². The number of alkyl halides is 3. The first-order chi connectivity index (χ1) is 4.90. The highest BCUT2D eigenvalue weighted by atomic mass is 79.9. The Morgan fingerprint density at radius 3 is 2.09 bits per heavy atom. The van der Waals surface area contributed by atoms with E-state index in [2.05, 4.69) is 73.2 Å². The van der Waals surface area contributed by atoms with Gasteiger partial charge in [0.25, 0.3) is 0 Å². The molecular weight excluding hydrogens is 352 g/mol. The summed E-state index contributed by atoms with van der Waals surface area (Å²) in [6.45, 7) is 8.48. The van der Waals surface area contributed by atoms with Crippen molar-refractivity contribution in [2.45, 2.75) is 27.7 Å². The molecule has 0 aromatic heterocycles. The van der Waals surface area contributed by atoms with Crippen LogP contribution in [0.3, 0.4) is 0 Å². The maximum absolute atomic E-state index is 3.86.